The van der Waals surface area contributed by atoms with Gasteiger partial charge in [0.15, 0.2) is 0 Å². The van der Waals surface area contributed by atoms with E-state index in [-0.39, 0.29) is 22.4 Å². The van der Waals surface area contributed by atoms with E-state index in [4.69, 9.17) is 11.6 Å². The van der Waals surface area contributed by atoms with Gasteiger partial charge < -0.3 is 15.7 Å². The van der Waals surface area contributed by atoms with Gasteiger partial charge in [0.05, 0.1) is 5.69 Å². The van der Waals surface area contributed by atoms with E-state index in [1.165, 1.54) is 12.1 Å². The molecular formula is C25H20ClN3O4. The lowest BCUT2D eigenvalue weighted by molar-refractivity contribution is -0.120. The summed E-state index contributed by atoms with van der Waals surface area (Å²) in [6.45, 7) is 3.69. The predicted molar refractivity (Wildman–Crippen MR) is 127 cm³/mol. The van der Waals surface area contributed by atoms with Gasteiger partial charge in [-0.2, -0.15) is 0 Å². The molecule has 0 bridgehead atoms. The van der Waals surface area contributed by atoms with Gasteiger partial charge in [0.1, 0.15) is 16.5 Å². The molecular weight excluding hydrogens is 442 g/mol. The zero-order valence-electron chi connectivity index (χ0n) is 17.8. The molecule has 0 atom stereocenters. The van der Waals surface area contributed by atoms with Crippen LogP contribution in [0.3, 0.4) is 0 Å². The monoisotopic (exact) mass is 461 g/mol. The van der Waals surface area contributed by atoms with Crippen LogP contribution in [0.1, 0.15) is 21.5 Å². The van der Waals surface area contributed by atoms with Crippen LogP contribution in [-0.2, 0) is 9.59 Å². The molecule has 3 aromatic carbocycles. The Balaban J connectivity index is 1.50. The number of carbonyl (C=O) groups excluding carboxylic acids is 3. The fourth-order valence-electron chi connectivity index (χ4n) is 3.43. The smallest absolute Gasteiger partial charge is 0.283 e. The van der Waals surface area contributed by atoms with Crippen molar-refractivity contribution in [2.24, 2.45) is 0 Å². The lowest BCUT2D eigenvalue weighted by Gasteiger charge is -2.18. The van der Waals surface area contributed by atoms with Crippen molar-refractivity contribution < 1.29 is 19.5 Å². The number of nitrogens with one attached hydrogen (secondary N) is 2. The van der Waals surface area contributed by atoms with Gasteiger partial charge in [-0.25, -0.2) is 4.90 Å². The van der Waals surface area contributed by atoms with Gasteiger partial charge in [-0.1, -0.05) is 29.8 Å². The summed E-state index contributed by atoms with van der Waals surface area (Å²) in [5.74, 6) is -1.47. The first-order valence-corrected chi connectivity index (χ1v) is 10.5. The second kappa shape index (κ2) is 8.80. The number of amides is 3. The molecule has 0 fully saturated rings. The van der Waals surface area contributed by atoms with Gasteiger partial charge >= 0.3 is 0 Å². The highest BCUT2D eigenvalue weighted by molar-refractivity contribution is 6.53. The second-order valence-electron chi connectivity index (χ2n) is 7.63. The van der Waals surface area contributed by atoms with E-state index in [9.17, 15) is 19.5 Å². The molecule has 7 nitrogen and oxygen atoms in total. The number of halogens is 1. The maximum Gasteiger partial charge on any atom is 0.283 e. The Bertz CT molecular complexity index is 1320. The van der Waals surface area contributed by atoms with Crippen molar-refractivity contribution in [2.75, 3.05) is 15.5 Å². The van der Waals surface area contributed by atoms with Gasteiger partial charge in [0.2, 0.25) is 0 Å². The molecule has 33 heavy (non-hydrogen) atoms. The van der Waals surface area contributed by atoms with E-state index >= 15 is 0 Å². The Kier molecular flexibility index (Phi) is 5.89. The Morgan fingerprint density at radius 1 is 0.909 bits per heavy atom. The molecule has 4 rings (SSSR count). The zero-order valence-corrected chi connectivity index (χ0v) is 18.6. The van der Waals surface area contributed by atoms with Crippen LogP contribution in [0.4, 0.5) is 17.1 Å². The fraction of sp³-hybridized carbons (Fsp3) is 0.0800. The molecule has 1 aliphatic heterocycles. The number of benzene rings is 3. The van der Waals surface area contributed by atoms with E-state index in [1.54, 1.807) is 42.5 Å². The minimum absolute atomic E-state index is 0.0282. The maximum absolute atomic E-state index is 13.0. The van der Waals surface area contributed by atoms with E-state index in [1.807, 2.05) is 26.0 Å². The van der Waals surface area contributed by atoms with Gasteiger partial charge in [0, 0.05) is 23.0 Å². The number of aromatic hydroxyl groups is 1. The quantitative estimate of drug-likeness (QED) is 0.478. The summed E-state index contributed by atoms with van der Waals surface area (Å²) in [5.41, 5.74) is 3.46. The largest absolute Gasteiger partial charge is 0.508 e. The van der Waals surface area contributed by atoms with Gasteiger partial charge in [0.25, 0.3) is 17.7 Å². The van der Waals surface area contributed by atoms with E-state index in [2.05, 4.69) is 10.6 Å². The summed E-state index contributed by atoms with van der Waals surface area (Å²) in [4.78, 5) is 39.2. The number of imide groups is 1. The Morgan fingerprint density at radius 3 is 2.33 bits per heavy atom. The van der Waals surface area contributed by atoms with E-state index in [0.717, 1.165) is 16.0 Å². The van der Waals surface area contributed by atoms with Gasteiger partial charge in [-0.05, 0) is 67.4 Å². The number of aryl methyl sites for hydroxylation is 2. The highest BCUT2D eigenvalue weighted by atomic mass is 35.5. The van der Waals surface area contributed by atoms with Crippen molar-refractivity contribution in [2.45, 2.75) is 13.8 Å². The van der Waals surface area contributed by atoms with Crippen LogP contribution in [0.2, 0.25) is 0 Å². The average molecular weight is 462 g/mol. The van der Waals surface area contributed by atoms with Crippen LogP contribution >= 0.6 is 11.6 Å². The number of phenols is 1. The number of hydrogen-bond acceptors (Lipinski definition) is 5. The fourth-order valence-corrected chi connectivity index (χ4v) is 3.64. The van der Waals surface area contributed by atoms with E-state index in [0.29, 0.717) is 22.6 Å². The number of carbonyl (C=O) groups is 3. The Morgan fingerprint density at radius 2 is 1.64 bits per heavy atom. The molecule has 1 aliphatic rings. The second-order valence-corrected chi connectivity index (χ2v) is 8.01. The standard InChI is InChI=1S/C25H20ClN3O4/c1-14-6-7-15(2)20(12-14)29-24(32)21(26)22(25(29)33)27-17-10-8-16(9-11-17)23(31)28-18-4-3-5-19(30)13-18/h3-13,27,30H,1-2H3,(H,28,31). The number of rotatable bonds is 5. The normalized spacial score (nSPS) is 13.5. The van der Waals surface area contributed by atoms with Crippen LogP contribution in [0, 0.1) is 13.8 Å². The van der Waals surface area contributed by atoms with Gasteiger partial charge in [-0.15, -0.1) is 0 Å². The van der Waals surface area contributed by atoms with Crippen molar-refractivity contribution in [3.05, 3.63) is 94.1 Å². The lowest BCUT2D eigenvalue weighted by atomic mass is 10.1. The van der Waals surface area contributed by atoms with Crippen molar-refractivity contribution in [1.29, 1.82) is 0 Å². The number of hydrogen-bond donors (Lipinski definition) is 3. The molecule has 3 N–H and O–H groups in total. The molecule has 3 amide bonds. The van der Waals surface area contributed by atoms with Crippen molar-refractivity contribution in [3.8, 4) is 5.75 Å². The molecule has 0 aliphatic carbocycles. The summed E-state index contributed by atoms with van der Waals surface area (Å²) < 4.78 is 0. The Hall–Kier alpha value is -4.10. The third-order valence-corrected chi connectivity index (χ3v) is 5.50. The summed E-state index contributed by atoms with van der Waals surface area (Å²) >= 11 is 6.22. The summed E-state index contributed by atoms with van der Waals surface area (Å²) in [7, 11) is 0. The SMILES string of the molecule is Cc1ccc(C)c(N2C(=O)C(Cl)=C(Nc3ccc(C(=O)Nc4cccc(O)c4)cc3)C2=O)c1. The molecule has 0 radical (unpaired) electrons. The van der Waals surface area contributed by atoms with Crippen molar-refractivity contribution >= 4 is 46.4 Å². The van der Waals surface area contributed by atoms with Crippen LogP contribution < -0.4 is 15.5 Å². The van der Waals surface area contributed by atoms with Crippen molar-refractivity contribution in [1.82, 2.24) is 0 Å². The highest BCUT2D eigenvalue weighted by Crippen LogP contribution is 2.32. The Labute approximate surface area is 195 Å². The van der Waals surface area contributed by atoms with Crippen LogP contribution in [0.15, 0.2) is 77.5 Å². The van der Waals surface area contributed by atoms with Crippen molar-refractivity contribution in [3.63, 3.8) is 0 Å². The summed E-state index contributed by atoms with van der Waals surface area (Å²) in [5, 5.41) is 14.9. The zero-order chi connectivity index (χ0) is 23.7. The molecule has 3 aromatic rings. The molecule has 0 saturated heterocycles. The van der Waals surface area contributed by atoms with Crippen LogP contribution in [-0.4, -0.2) is 22.8 Å². The third kappa shape index (κ3) is 4.44. The molecule has 0 aromatic heterocycles. The minimum atomic E-state index is -0.597. The first kappa shape index (κ1) is 22.1. The highest BCUT2D eigenvalue weighted by Gasteiger charge is 2.39. The van der Waals surface area contributed by atoms with Gasteiger partial charge in [-0.3, -0.25) is 14.4 Å². The maximum atomic E-state index is 13.0. The van der Waals surface area contributed by atoms with Crippen LogP contribution in [0.25, 0.3) is 0 Å². The third-order valence-electron chi connectivity index (χ3n) is 5.15. The summed E-state index contributed by atoms with van der Waals surface area (Å²) in [6, 6.07) is 18.1. The molecule has 0 spiro atoms. The molecule has 1 heterocycles. The summed E-state index contributed by atoms with van der Waals surface area (Å²) in [6.07, 6.45) is 0. The molecule has 8 heteroatoms. The molecule has 166 valence electrons. The minimum Gasteiger partial charge on any atom is -0.508 e. The van der Waals surface area contributed by atoms with E-state index < -0.39 is 11.8 Å². The first-order chi connectivity index (χ1) is 15.7. The number of phenolic OH excluding ortho intramolecular Hbond substituents is 1. The topological polar surface area (TPSA) is 98.7 Å². The molecule has 0 saturated carbocycles. The first-order valence-electron chi connectivity index (χ1n) is 10.1. The number of anilines is 3. The predicted octanol–water partition coefficient (Wildman–Crippen LogP) is 4.70. The number of nitrogens with zero attached hydrogens (tertiary/aromatic N) is 1. The lowest BCUT2D eigenvalue weighted by Crippen LogP contribution is -2.32. The molecule has 0 unspecified atom stereocenters. The average Bonchev–Trinajstić information content (AvgIpc) is 2.99. The van der Waals surface area contributed by atoms with Crippen LogP contribution in [0.5, 0.6) is 5.75 Å².